The SMILES string of the molecule is CC(C)(C)C(=O)CCCCC[C]=O. The van der Waals surface area contributed by atoms with Gasteiger partial charge in [-0.15, -0.1) is 0 Å². The summed E-state index contributed by atoms with van der Waals surface area (Å²) in [4.78, 5) is 21.3. The molecule has 0 atom stereocenters. The number of unbranched alkanes of at least 4 members (excludes halogenated alkanes) is 3. The summed E-state index contributed by atoms with van der Waals surface area (Å²) >= 11 is 0. The Bertz CT molecular complexity index is 165. The lowest BCUT2D eigenvalue weighted by atomic mass is 9.88. The third-order valence-electron chi connectivity index (χ3n) is 2.02. The summed E-state index contributed by atoms with van der Waals surface area (Å²) in [6, 6.07) is 0. The first kappa shape index (κ1) is 12.3. The maximum Gasteiger partial charge on any atom is 0.198 e. The van der Waals surface area contributed by atoms with E-state index >= 15 is 0 Å². The van der Waals surface area contributed by atoms with E-state index in [4.69, 9.17) is 0 Å². The number of Topliss-reactive ketones (excluding diaryl/α,β-unsaturated/α-hetero) is 1. The van der Waals surface area contributed by atoms with Crippen LogP contribution in [0.1, 0.15) is 52.9 Å². The highest BCUT2D eigenvalue weighted by Crippen LogP contribution is 2.18. The topological polar surface area (TPSA) is 34.1 Å². The number of hydrogen-bond donors (Lipinski definition) is 0. The van der Waals surface area contributed by atoms with E-state index in [1.165, 1.54) is 0 Å². The van der Waals surface area contributed by atoms with Crippen molar-refractivity contribution in [2.45, 2.75) is 52.9 Å². The lowest BCUT2D eigenvalue weighted by Gasteiger charge is -2.15. The fourth-order valence-corrected chi connectivity index (χ4v) is 1.03. The van der Waals surface area contributed by atoms with Crippen LogP contribution in [0.4, 0.5) is 0 Å². The van der Waals surface area contributed by atoms with E-state index in [1.54, 1.807) is 0 Å². The summed E-state index contributed by atoms with van der Waals surface area (Å²) in [5, 5.41) is 0. The van der Waals surface area contributed by atoms with Crippen LogP contribution in [0.5, 0.6) is 0 Å². The zero-order valence-corrected chi connectivity index (χ0v) is 8.85. The first-order chi connectivity index (χ1) is 5.98. The largest absolute Gasteiger partial charge is 0.299 e. The number of carbonyl (C=O) groups excluding carboxylic acids is 2. The molecule has 0 heterocycles. The Morgan fingerprint density at radius 1 is 1.15 bits per heavy atom. The molecular formula is C11H19O2. The van der Waals surface area contributed by atoms with Gasteiger partial charge in [0.1, 0.15) is 5.78 Å². The molecule has 13 heavy (non-hydrogen) atoms. The van der Waals surface area contributed by atoms with Crippen molar-refractivity contribution in [2.75, 3.05) is 0 Å². The van der Waals surface area contributed by atoms with Crippen LogP contribution < -0.4 is 0 Å². The van der Waals surface area contributed by atoms with Gasteiger partial charge in [0.25, 0.3) is 0 Å². The van der Waals surface area contributed by atoms with Crippen molar-refractivity contribution in [2.24, 2.45) is 5.41 Å². The predicted octanol–water partition coefficient (Wildman–Crippen LogP) is 2.66. The predicted molar refractivity (Wildman–Crippen MR) is 53.2 cm³/mol. The zero-order chi connectivity index (χ0) is 10.3. The van der Waals surface area contributed by atoms with Gasteiger partial charge < -0.3 is 0 Å². The van der Waals surface area contributed by atoms with Gasteiger partial charge in [0, 0.05) is 18.3 Å². The minimum atomic E-state index is -0.212. The molecule has 0 aromatic rings. The average molecular weight is 183 g/mol. The normalized spacial score (nSPS) is 11.3. The number of rotatable bonds is 6. The zero-order valence-electron chi connectivity index (χ0n) is 8.85. The van der Waals surface area contributed by atoms with Crippen molar-refractivity contribution in [1.29, 1.82) is 0 Å². The minimum Gasteiger partial charge on any atom is -0.299 e. The van der Waals surface area contributed by atoms with Crippen LogP contribution in [0, 0.1) is 5.41 Å². The first-order valence-corrected chi connectivity index (χ1v) is 4.87. The lowest BCUT2D eigenvalue weighted by Crippen LogP contribution is -2.19. The van der Waals surface area contributed by atoms with Crippen LogP contribution in [0.15, 0.2) is 0 Å². The molecule has 0 fully saturated rings. The molecule has 2 heteroatoms. The Labute approximate surface area is 80.7 Å². The van der Waals surface area contributed by atoms with E-state index < -0.39 is 0 Å². The van der Waals surface area contributed by atoms with Crippen LogP contribution in [0.2, 0.25) is 0 Å². The molecule has 0 rings (SSSR count). The van der Waals surface area contributed by atoms with Crippen molar-refractivity contribution in [3.8, 4) is 0 Å². The lowest BCUT2D eigenvalue weighted by molar-refractivity contribution is -0.126. The summed E-state index contributed by atoms with van der Waals surface area (Å²) in [5.74, 6) is 0.308. The Morgan fingerprint density at radius 3 is 2.23 bits per heavy atom. The van der Waals surface area contributed by atoms with Gasteiger partial charge >= 0.3 is 0 Å². The molecule has 0 saturated heterocycles. The second kappa shape index (κ2) is 5.90. The first-order valence-electron chi connectivity index (χ1n) is 4.87. The minimum absolute atomic E-state index is 0.212. The summed E-state index contributed by atoms with van der Waals surface area (Å²) in [6.07, 6.45) is 5.71. The summed E-state index contributed by atoms with van der Waals surface area (Å²) in [7, 11) is 0. The smallest absolute Gasteiger partial charge is 0.198 e. The highest BCUT2D eigenvalue weighted by atomic mass is 16.1. The quantitative estimate of drug-likeness (QED) is 0.593. The molecule has 0 unspecified atom stereocenters. The summed E-state index contributed by atoms with van der Waals surface area (Å²) in [5.41, 5.74) is -0.212. The van der Waals surface area contributed by atoms with Gasteiger partial charge in [-0.05, 0) is 12.8 Å². The molecule has 0 aliphatic heterocycles. The Morgan fingerprint density at radius 2 is 1.77 bits per heavy atom. The molecule has 0 bridgehead atoms. The number of ketones is 1. The van der Waals surface area contributed by atoms with Gasteiger partial charge in [0.2, 0.25) is 0 Å². The highest BCUT2D eigenvalue weighted by Gasteiger charge is 2.19. The van der Waals surface area contributed by atoms with Crippen molar-refractivity contribution in [3.63, 3.8) is 0 Å². The standard InChI is InChI=1S/C11H19O2/c1-11(2,3)10(13)8-6-4-5-7-9-12/h4-8H2,1-3H3. The molecule has 75 valence electrons. The highest BCUT2D eigenvalue weighted by molar-refractivity contribution is 5.83. The van der Waals surface area contributed by atoms with E-state index in [1.807, 2.05) is 27.1 Å². The Hall–Kier alpha value is -0.660. The van der Waals surface area contributed by atoms with Crippen molar-refractivity contribution in [1.82, 2.24) is 0 Å². The summed E-state index contributed by atoms with van der Waals surface area (Å²) < 4.78 is 0. The van der Waals surface area contributed by atoms with Gasteiger partial charge in [-0.1, -0.05) is 27.2 Å². The average Bonchev–Trinajstić information content (AvgIpc) is 2.02. The maximum absolute atomic E-state index is 11.4. The van der Waals surface area contributed by atoms with E-state index in [-0.39, 0.29) is 5.41 Å². The number of hydrogen-bond acceptors (Lipinski definition) is 2. The van der Waals surface area contributed by atoms with Crippen molar-refractivity contribution >= 4 is 12.1 Å². The van der Waals surface area contributed by atoms with Gasteiger partial charge in [-0.3, -0.25) is 9.59 Å². The van der Waals surface area contributed by atoms with Crippen LogP contribution in [-0.2, 0) is 9.59 Å². The molecule has 0 aliphatic rings. The van der Waals surface area contributed by atoms with Gasteiger partial charge in [0.05, 0.1) is 0 Å². The van der Waals surface area contributed by atoms with Gasteiger partial charge in [-0.2, -0.15) is 0 Å². The molecule has 2 nitrogen and oxygen atoms in total. The molecule has 0 aromatic heterocycles. The maximum atomic E-state index is 11.4. The van der Waals surface area contributed by atoms with Gasteiger partial charge in [0.15, 0.2) is 6.29 Å². The fraction of sp³-hybridized carbons (Fsp3) is 0.818. The van der Waals surface area contributed by atoms with E-state index in [0.717, 1.165) is 19.3 Å². The summed E-state index contributed by atoms with van der Waals surface area (Å²) in [6.45, 7) is 5.82. The van der Waals surface area contributed by atoms with Crippen molar-refractivity contribution in [3.05, 3.63) is 0 Å². The second-order valence-corrected chi connectivity index (χ2v) is 4.38. The monoisotopic (exact) mass is 183 g/mol. The van der Waals surface area contributed by atoms with Crippen LogP contribution >= 0.6 is 0 Å². The Kier molecular flexibility index (Phi) is 5.60. The second-order valence-electron chi connectivity index (χ2n) is 4.38. The molecule has 0 aliphatic carbocycles. The van der Waals surface area contributed by atoms with E-state index in [0.29, 0.717) is 18.6 Å². The third-order valence-corrected chi connectivity index (χ3v) is 2.02. The molecule has 0 aromatic carbocycles. The van der Waals surface area contributed by atoms with Crippen LogP contribution in [-0.4, -0.2) is 12.1 Å². The molecule has 0 N–H and O–H groups in total. The Balaban J connectivity index is 3.43. The third kappa shape index (κ3) is 6.50. The van der Waals surface area contributed by atoms with Gasteiger partial charge in [-0.25, -0.2) is 0 Å². The van der Waals surface area contributed by atoms with Crippen LogP contribution in [0.3, 0.4) is 0 Å². The number of carbonyl (C=O) groups is 1. The molecule has 0 saturated carbocycles. The molecule has 0 spiro atoms. The molecular weight excluding hydrogens is 164 g/mol. The van der Waals surface area contributed by atoms with E-state index in [9.17, 15) is 9.59 Å². The van der Waals surface area contributed by atoms with Crippen LogP contribution in [0.25, 0.3) is 0 Å². The van der Waals surface area contributed by atoms with Crippen molar-refractivity contribution < 1.29 is 9.59 Å². The fourth-order valence-electron chi connectivity index (χ4n) is 1.03. The van der Waals surface area contributed by atoms with E-state index in [2.05, 4.69) is 0 Å². The molecule has 0 amide bonds. The molecule has 1 radical (unpaired) electrons.